The third-order valence-corrected chi connectivity index (χ3v) is 4.68. The average Bonchev–Trinajstić information content (AvgIpc) is 2.98. The van der Waals surface area contributed by atoms with E-state index >= 15 is 0 Å². The number of carbonyl (C=O) groups is 2. The third kappa shape index (κ3) is 3.30. The molecule has 3 rings (SSSR count). The Hall–Kier alpha value is -2.11. The second-order valence-corrected chi connectivity index (χ2v) is 6.89. The number of hydrogen-bond donors (Lipinski definition) is 2. The lowest BCUT2D eigenvalue weighted by molar-refractivity contribution is -0.118. The van der Waals surface area contributed by atoms with Crippen molar-refractivity contribution in [3.05, 3.63) is 30.1 Å². The van der Waals surface area contributed by atoms with Crippen LogP contribution in [0, 0.1) is 17.2 Å². The number of likely N-dealkylation sites (tertiary alicyclic amines) is 1. The molecule has 5 nitrogen and oxygen atoms in total. The van der Waals surface area contributed by atoms with Gasteiger partial charge in [-0.1, -0.05) is 6.07 Å². The molecule has 1 aromatic carbocycles. The van der Waals surface area contributed by atoms with Crippen LogP contribution >= 0.6 is 0 Å². The van der Waals surface area contributed by atoms with Gasteiger partial charge in [-0.25, -0.2) is 9.18 Å². The fourth-order valence-corrected chi connectivity index (χ4v) is 3.37. The van der Waals surface area contributed by atoms with E-state index in [0.717, 1.165) is 12.8 Å². The molecule has 23 heavy (non-hydrogen) atoms. The maximum atomic E-state index is 13.2. The first-order valence-corrected chi connectivity index (χ1v) is 8.01. The van der Waals surface area contributed by atoms with Gasteiger partial charge in [0.25, 0.3) is 0 Å². The smallest absolute Gasteiger partial charge is 0.317 e. The van der Waals surface area contributed by atoms with E-state index in [2.05, 4.69) is 10.6 Å². The Morgan fingerprint density at radius 1 is 1.39 bits per heavy atom. The summed E-state index contributed by atoms with van der Waals surface area (Å²) in [5.74, 6) is -0.546. The topological polar surface area (TPSA) is 61.4 Å². The molecule has 3 amide bonds. The molecule has 1 saturated carbocycles. The van der Waals surface area contributed by atoms with Crippen LogP contribution < -0.4 is 10.6 Å². The fourth-order valence-electron chi connectivity index (χ4n) is 3.37. The molecule has 1 aromatic rings. The van der Waals surface area contributed by atoms with Crippen LogP contribution in [0.4, 0.5) is 14.9 Å². The van der Waals surface area contributed by atoms with Gasteiger partial charge < -0.3 is 15.5 Å². The molecule has 0 aromatic heterocycles. The van der Waals surface area contributed by atoms with Crippen LogP contribution in [0.25, 0.3) is 0 Å². The van der Waals surface area contributed by atoms with E-state index < -0.39 is 0 Å². The molecular formula is C17H22FN3O2. The summed E-state index contributed by atoms with van der Waals surface area (Å²) in [5.41, 5.74) is 0.385. The summed E-state index contributed by atoms with van der Waals surface area (Å²) in [6, 6.07) is 5.94. The molecule has 1 saturated heterocycles. The molecule has 0 bridgehead atoms. The van der Waals surface area contributed by atoms with Crippen molar-refractivity contribution in [2.24, 2.45) is 11.3 Å². The van der Waals surface area contributed by atoms with E-state index in [-0.39, 0.29) is 35.1 Å². The normalized spacial score (nSPS) is 25.7. The number of halogens is 1. The van der Waals surface area contributed by atoms with E-state index in [1.807, 2.05) is 13.8 Å². The number of rotatable bonds is 3. The first kappa shape index (κ1) is 15.8. The molecule has 124 valence electrons. The van der Waals surface area contributed by atoms with Crippen molar-refractivity contribution in [2.75, 3.05) is 18.4 Å². The Bertz CT molecular complexity index is 634. The number of amides is 3. The highest BCUT2D eigenvalue weighted by molar-refractivity contribution is 5.95. The van der Waals surface area contributed by atoms with Gasteiger partial charge in [-0.05, 0) is 44.9 Å². The number of urea groups is 1. The zero-order valence-electron chi connectivity index (χ0n) is 13.4. The standard InChI is InChI=1S/C17H22FN3O2/c1-11(2)19-16(23)21-7-6-17(10-21)9-14(17)15(22)20-13-5-3-4-12(18)8-13/h3-5,8,11,14H,6-7,9-10H2,1-2H3,(H,19,23)(H,20,22). The molecule has 1 heterocycles. The fraction of sp³-hybridized carbons (Fsp3) is 0.529. The van der Waals surface area contributed by atoms with Gasteiger partial charge in [0, 0.05) is 36.2 Å². The predicted molar refractivity (Wildman–Crippen MR) is 85.4 cm³/mol. The average molecular weight is 319 g/mol. The number of anilines is 1. The summed E-state index contributed by atoms with van der Waals surface area (Å²) in [6.07, 6.45) is 1.64. The molecule has 2 N–H and O–H groups in total. The van der Waals surface area contributed by atoms with Gasteiger partial charge in [0.1, 0.15) is 5.82 Å². The van der Waals surface area contributed by atoms with Crippen molar-refractivity contribution in [3.63, 3.8) is 0 Å². The molecule has 2 fully saturated rings. The largest absolute Gasteiger partial charge is 0.336 e. The lowest BCUT2D eigenvalue weighted by atomic mass is 10.0. The highest BCUT2D eigenvalue weighted by atomic mass is 19.1. The second kappa shape index (κ2) is 5.83. The Morgan fingerprint density at radius 2 is 2.17 bits per heavy atom. The van der Waals surface area contributed by atoms with Crippen LogP contribution in [-0.4, -0.2) is 36.0 Å². The molecule has 1 aliphatic heterocycles. The van der Waals surface area contributed by atoms with Crippen LogP contribution in [0.1, 0.15) is 26.7 Å². The molecule has 1 aliphatic carbocycles. The summed E-state index contributed by atoms with van der Waals surface area (Å²) < 4.78 is 13.2. The molecule has 2 atom stereocenters. The highest BCUT2D eigenvalue weighted by Crippen LogP contribution is 2.58. The van der Waals surface area contributed by atoms with Crippen LogP contribution in [0.3, 0.4) is 0 Å². The van der Waals surface area contributed by atoms with Crippen LogP contribution in [-0.2, 0) is 4.79 Å². The number of nitrogens with zero attached hydrogens (tertiary/aromatic N) is 1. The maximum Gasteiger partial charge on any atom is 0.317 e. The number of benzene rings is 1. The molecule has 6 heteroatoms. The van der Waals surface area contributed by atoms with Gasteiger partial charge >= 0.3 is 6.03 Å². The van der Waals surface area contributed by atoms with Gasteiger partial charge in [-0.3, -0.25) is 4.79 Å². The molecule has 2 unspecified atom stereocenters. The van der Waals surface area contributed by atoms with Gasteiger partial charge in [0.05, 0.1) is 0 Å². The van der Waals surface area contributed by atoms with Crippen molar-refractivity contribution < 1.29 is 14.0 Å². The van der Waals surface area contributed by atoms with Crippen molar-refractivity contribution >= 4 is 17.6 Å². The maximum absolute atomic E-state index is 13.2. The van der Waals surface area contributed by atoms with Gasteiger partial charge in [0.2, 0.25) is 5.91 Å². The summed E-state index contributed by atoms with van der Waals surface area (Å²) in [5, 5.41) is 5.66. The Labute approximate surface area is 135 Å². The van der Waals surface area contributed by atoms with E-state index in [9.17, 15) is 14.0 Å². The van der Waals surface area contributed by atoms with Crippen molar-refractivity contribution in [1.82, 2.24) is 10.2 Å². The van der Waals surface area contributed by atoms with E-state index in [1.54, 1.807) is 17.0 Å². The molecule has 1 spiro atoms. The number of carbonyl (C=O) groups excluding carboxylic acids is 2. The Morgan fingerprint density at radius 3 is 2.87 bits per heavy atom. The van der Waals surface area contributed by atoms with Crippen molar-refractivity contribution in [2.45, 2.75) is 32.7 Å². The molecular weight excluding hydrogens is 297 g/mol. The summed E-state index contributed by atoms with van der Waals surface area (Å²) in [4.78, 5) is 26.2. The van der Waals surface area contributed by atoms with Gasteiger partial charge in [-0.15, -0.1) is 0 Å². The summed E-state index contributed by atoms with van der Waals surface area (Å²) in [7, 11) is 0. The van der Waals surface area contributed by atoms with Crippen LogP contribution in [0.2, 0.25) is 0 Å². The van der Waals surface area contributed by atoms with E-state index in [0.29, 0.717) is 18.8 Å². The first-order chi connectivity index (χ1) is 10.9. The SMILES string of the molecule is CC(C)NC(=O)N1CCC2(CC2C(=O)Nc2cccc(F)c2)C1. The van der Waals surface area contributed by atoms with Gasteiger partial charge in [0.15, 0.2) is 0 Å². The van der Waals surface area contributed by atoms with E-state index in [4.69, 9.17) is 0 Å². The number of hydrogen-bond acceptors (Lipinski definition) is 2. The minimum Gasteiger partial charge on any atom is -0.336 e. The lowest BCUT2D eigenvalue weighted by Gasteiger charge is -2.19. The summed E-state index contributed by atoms with van der Waals surface area (Å²) >= 11 is 0. The third-order valence-electron chi connectivity index (χ3n) is 4.68. The predicted octanol–water partition coefficient (Wildman–Crippen LogP) is 2.59. The summed E-state index contributed by atoms with van der Waals surface area (Å²) in [6.45, 7) is 5.15. The highest BCUT2D eigenvalue weighted by Gasteiger charge is 2.61. The van der Waals surface area contributed by atoms with Crippen molar-refractivity contribution in [3.8, 4) is 0 Å². The van der Waals surface area contributed by atoms with Crippen molar-refractivity contribution in [1.29, 1.82) is 0 Å². The van der Waals surface area contributed by atoms with E-state index in [1.165, 1.54) is 12.1 Å². The lowest BCUT2D eigenvalue weighted by Crippen LogP contribution is -2.42. The quantitative estimate of drug-likeness (QED) is 0.899. The van der Waals surface area contributed by atoms with Crippen LogP contribution in [0.15, 0.2) is 24.3 Å². The van der Waals surface area contributed by atoms with Gasteiger partial charge in [-0.2, -0.15) is 0 Å². The first-order valence-electron chi connectivity index (χ1n) is 8.01. The molecule has 2 aliphatic rings. The van der Waals surface area contributed by atoms with Crippen LogP contribution in [0.5, 0.6) is 0 Å². The monoisotopic (exact) mass is 319 g/mol. The Balaban J connectivity index is 1.56. The zero-order chi connectivity index (χ0) is 16.6. The molecule has 0 radical (unpaired) electrons. The Kier molecular flexibility index (Phi) is 4.00. The minimum absolute atomic E-state index is 0.0620. The zero-order valence-corrected chi connectivity index (χ0v) is 13.4. The number of nitrogens with one attached hydrogen (secondary N) is 2. The minimum atomic E-state index is -0.370. The second-order valence-electron chi connectivity index (χ2n) is 6.89.